The highest BCUT2D eigenvalue weighted by Crippen LogP contribution is 2.36. The lowest BCUT2D eigenvalue weighted by Gasteiger charge is -2.33. The first-order chi connectivity index (χ1) is 14.9. The molecule has 3 atom stereocenters. The van der Waals surface area contributed by atoms with Gasteiger partial charge in [0, 0.05) is 17.2 Å². The number of amides is 1. The molecule has 0 bridgehead atoms. The van der Waals surface area contributed by atoms with Gasteiger partial charge in [-0.1, -0.05) is 82.0 Å². The molecule has 0 unspecified atom stereocenters. The molecule has 1 amide bonds. The van der Waals surface area contributed by atoms with Crippen molar-refractivity contribution in [2.24, 2.45) is 5.92 Å². The second-order valence-electron chi connectivity index (χ2n) is 9.22. The molecule has 0 saturated heterocycles. The van der Waals surface area contributed by atoms with Crippen LogP contribution < -0.4 is 0 Å². The number of likely N-dealkylation sites (N-methyl/N-ethyl adjacent to an activating group) is 1. The first-order valence-electron chi connectivity index (χ1n) is 11.6. The lowest BCUT2D eigenvalue weighted by molar-refractivity contribution is -0.136. The summed E-state index contributed by atoms with van der Waals surface area (Å²) in [4.78, 5) is 16.7. The highest BCUT2D eigenvalue weighted by Gasteiger charge is 2.32. The number of hydrogen-bond donors (Lipinski definition) is 1. The van der Waals surface area contributed by atoms with Crippen molar-refractivity contribution in [3.05, 3.63) is 65.7 Å². The summed E-state index contributed by atoms with van der Waals surface area (Å²) in [5.41, 5.74) is 1.94. The minimum atomic E-state index is -0.702. The second kappa shape index (κ2) is 11.2. The fraction of sp³-hybridized carbons (Fsp3) is 0.519. The summed E-state index contributed by atoms with van der Waals surface area (Å²) in [5.74, 6) is 0.566. The van der Waals surface area contributed by atoms with Gasteiger partial charge in [-0.15, -0.1) is 11.8 Å². The highest BCUT2D eigenvalue weighted by molar-refractivity contribution is 7.99. The standard InChI is InChI=1S/C27H37NO2S/c1-19(2)31-24-16-14-22(15-17-24)25(18-21-10-8-9-11-21)27(30)28(4)20(3)26(29)23-12-6-5-7-13-23/h5-7,12-17,19-21,25-26,29H,8-11,18H2,1-4H3/t20-,25-,26-/m1/s1. The molecule has 1 aliphatic carbocycles. The molecule has 4 heteroatoms. The number of thioether (sulfide) groups is 1. The average molecular weight is 440 g/mol. The van der Waals surface area contributed by atoms with Gasteiger partial charge in [0.05, 0.1) is 18.1 Å². The van der Waals surface area contributed by atoms with Crippen LogP contribution in [0.5, 0.6) is 0 Å². The van der Waals surface area contributed by atoms with Gasteiger partial charge < -0.3 is 10.0 Å². The molecule has 0 heterocycles. The van der Waals surface area contributed by atoms with Gasteiger partial charge in [-0.2, -0.15) is 0 Å². The van der Waals surface area contributed by atoms with Gasteiger partial charge >= 0.3 is 0 Å². The maximum Gasteiger partial charge on any atom is 0.230 e. The second-order valence-corrected chi connectivity index (χ2v) is 10.9. The van der Waals surface area contributed by atoms with Gasteiger partial charge in [0.25, 0.3) is 0 Å². The van der Waals surface area contributed by atoms with Crippen molar-refractivity contribution in [1.29, 1.82) is 0 Å². The molecule has 3 rings (SSSR count). The number of carbonyl (C=O) groups is 1. The van der Waals surface area contributed by atoms with E-state index in [1.807, 2.05) is 56.1 Å². The van der Waals surface area contributed by atoms with Crippen LogP contribution in [-0.2, 0) is 4.79 Å². The van der Waals surface area contributed by atoms with Gasteiger partial charge in [-0.25, -0.2) is 0 Å². The molecule has 0 aliphatic heterocycles. The van der Waals surface area contributed by atoms with Crippen molar-refractivity contribution in [2.45, 2.75) is 81.1 Å². The maximum atomic E-state index is 13.7. The van der Waals surface area contributed by atoms with Crippen molar-refractivity contribution >= 4 is 17.7 Å². The SMILES string of the molecule is CC(C)Sc1ccc([C@@H](CC2CCCC2)C(=O)N(C)[C@H](C)[C@@H](O)c2ccccc2)cc1. The topological polar surface area (TPSA) is 40.5 Å². The van der Waals surface area contributed by atoms with Crippen molar-refractivity contribution in [3.63, 3.8) is 0 Å². The van der Waals surface area contributed by atoms with E-state index < -0.39 is 6.10 Å². The van der Waals surface area contributed by atoms with Gasteiger partial charge in [-0.3, -0.25) is 4.79 Å². The van der Waals surface area contributed by atoms with Crippen molar-refractivity contribution in [2.75, 3.05) is 7.05 Å². The summed E-state index contributed by atoms with van der Waals surface area (Å²) in [7, 11) is 1.84. The van der Waals surface area contributed by atoms with Crippen LogP contribution in [0.4, 0.5) is 0 Å². The zero-order valence-corrected chi connectivity index (χ0v) is 20.1. The molecule has 1 N–H and O–H groups in total. The number of hydrogen-bond acceptors (Lipinski definition) is 3. The number of nitrogens with zero attached hydrogens (tertiary/aromatic N) is 1. The maximum absolute atomic E-state index is 13.7. The van der Waals surface area contributed by atoms with Gasteiger partial charge in [-0.05, 0) is 42.5 Å². The molecule has 0 aromatic heterocycles. The van der Waals surface area contributed by atoms with Crippen LogP contribution in [0.3, 0.4) is 0 Å². The molecule has 3 nitrogen and oxygen atoms in total. The van der Waals surface area contributed by atoms with E-state index in [4.69, 9.17) is 0 Å². The number of benzene rings is 2. The Bertz CT molecular complexity index is 815. The number of carbonyl (C=O) groups excluding carboxylic acids is 1. The third-order valence-corrected chi connectivity index (χ3v) is 7.57. The van der Waals surface area contributed by atoms with Gasteiger partial charge in [0.2, 0.25) is 5.91 Å². The summed E-state index contributed by atoms with van der Waals surface area (Å²) in [6, 6.07) is 17.9. The Hall–Kier alpha value is -1.78. The Balaban J connectivity index is 1.79. The van der Waals surface area contributed by atoms with E-state index in [2.05, 4.69) is 38.1 Å². The van der Waals surface area contributed by atoms with Crippen LogP contribution in [0.25, 0.3) is 0 Å². The molecule has 31 heavy (non-hydrogen) atoms. The number of aliphatic hydroxyl groups is 1. The predicted molar refractivity (Wildman–Crippen MR) is 130 cm³/mol. The summed E-state index contributed by atoms with van der Waals surface area (Å²) in [6.45, 7) is 6.32. The van der Waals surface area contributed by atoms with Crippen molar-refractivity contribution in [3.8, 4) is 0 Å². The Morgan fingerprint density at radius 1 is 1.00 bits per heavy atom. The van der Waals surface area contributed by atoms with Crippen LogP contribution >= 0.6 is 11.8 Å². The molecule has 0 spiro atoms. The zero-order valence-electron chi connectivity index (χ0n) is 19.3. The van der Waals surface area contributed by atoms with Gasteiger partial charge in [0.1, 0.15) is 0 Å². The first-order valence-corrected chi connectivity index (χ1v) is 12.5. The Morgan fingerprint density at radius 2 is 1.61 bits per heavy atom. The summed E-state index contributed by atoms with van der Waals surface area (Å²) in [6.07, 6.45) is 5.18. The number of aliphatic hydroxyl groups excluding tert-OH is 1. The fourth-order valence-electron chi connectivity index (χ4n) is 4.60. The largest absolute Gasteiger partial charge is 0.386 e. The Labute approximate surface area is 192 Å². The minimum Gasteiger partial charge on any atom is -0.386 e. The Morgan fingerprint density at radius 3 is 2.19 bits per heavy atom. The van der Waals surface area contributed by atoms with E-state index in [9.17, 15) is 9.90 Å². The van der Waals surface area contributed by atoms with E-state index in [1.165, 1.54) is 30.6 Å². The highest BCUT2D eigenvalue weighted by atomic mass is 32.2. The molecule has 2 aromatic rings. The third-order valence-electron chi connectivity index (χ3n) is 6.55. The summed E-state index contributed by atoms with van der Waals surface area (Å²) < 4.78 is 0. The Kier molecular flexibility index (Phi) is 8.62. The van der Waals surface area contributed by atoms with E-state index >= 15 is 0 Å². The average Bonchev–Trinajstić information content (AvgIpc) is 3.29. The summed E-state index contributed by atoms with van der Waals surface area (Å²) >= 11 is 1.84. The quantitative estimate of drug-likeness (QED) is 0.458. The van der Waals surface area contributed by atoms with Crippen LogP contribution in [-0.4, -0.2) is 34.3 Å². The molecule has 1 aliphatic rings. The van der Waals surface area contributed by atoms with E-state index in [0.717, 1.165) is 17.5 Å². The van der Waals surface area contributed by atoms with Crippen LogP contribution in [0.2, 0.25) is 0 Å². The smallest absolute Gasteiger partial charge is 0.230 e. The van der Waals surface area contributed by atoms with E-state index in [1.54, 1.807) is 4.90 Å². The monoisotopic (exact) mass is 439 g/mol. The van der Waals surface area contributed by atoms with Crippen LogP contribution in [0, 0.1) is 5.92 Å². The normalized spacial score (nSPS) is 17.5. The molecule has 168 valence electrons. The van der Waals surface area contributed by atoms with Crippen molar-refractivity contribution in [1.82, 2.24) is 4.90 Å². The van der Waals surface area contributed by atoms with Crippen LogP contribution in [0.1, 0.15) is 76.0 Å². The third kappa shape index (κ3) is 6.36. The fourth-order valence-corrected chi connectivity index (χ4v) is 5.43. The number of rotatable bonds is 9. The molecule has 1 fully saturated rings. The van der Waals surface area contributed by atoms with E-state index in [0.29, 0.717) is 11.2 Å². The minimum absolute atomic E-state index is 0.110. The zero-order chi connectivity index (χ0) is 22.4. The lowest BCUT2D eigenvalue weighted by Crippen LogP contribution is -2.42. The van der Waals surface area contributed by atoms with Crippen LogP contribution in [0.15, 0.2) is 59.5 Å². The van der Waals surface area contributed by atoms with E-state index in [-0.39, 0.29) is 17.9 Å². The molecule has 2 aromatic carbocycles. The molecular formula is C27H37NO2S. The van der Waals surface area contributed by atoms with Gasteiger partial charge in [0.15, 0.2) is 0 Å². The first kappa shape index (κ1) is 23.9. The van der Waals surface area contributed by atoms with Crippen molar-refractivity contribution < 1.29 is 9.90 Å². The molecular weight excluding hydrogens is 402 g/mol. The predicted octanol–water partition coefficient (Wildman–Crippen LogP) is 6.43. The summed E-state index contributed by atoms with van der Waals surface area (Å²) in [5, 5.41) is 11.4. The lowest BCUT2D eigenvalue weighted by atomic mass is 9.86. The molecule has 1 saturated carbocycles. The molecule has 0 radical (unpaired) electrons.